The second kappa shape index (κ2) is 5.33. The van der Waals surface area contributed by atoms with Crippen LogP contribution in [-0.2, 0) is 18.4 Å². The van der Waals surface area contributed by atoms with Gasteiger partial charge in [0.05, 0.1) is 18.4 Å². The molecule has 1 heterocycles. The van der Waals surface area contributed by atoms with E-state index in [-0.39, 0.29) is 5.91 Å². The van der Waals surface area contributed by atoms with Gasteiger partial charge in [-0.25, -0.2) is 0 Å². The Morgan fingerprint density at radius 1 is 1.64 bits per heavy atom. The Morgan fingerprint density at radius 2 is 2.43 bits per heavy atom. The fourth-order valence-corrected chi connectivity index (χ4v) is 1.03. The molecule has 0 aliphatic carbocycles. The predicted molar refractivity (Wildman–Crippen MR) is 51.4 cm³/mol. The molecule has 6 nitrogen and oxygen atoms in total. The van der Waals surface area contributed by atoms with Crippen molar-refractivity contribution in [3.8, 4) is 0 Å². The Labute approximate surface area is 82.7 Å². The van der Waals surface area contributed by atoms with Gasteiger partial charge < -0.3 is 10.6 Å². The minimum atomic E-state index is 0.00243. The van der Waals surface area contributed by atoms with E-state index < -0.39 is 0 Å². The zero-order valence-electron chi connectivity index (χ0n) is 8.45. The molecule has 0 saturated heterocycles. The summed E-state index contributed by atoms with van der Waals surface area (Å²) in [6.07, 6.45) is 1.67. The Balaban J connectivity index is 2.22. The first kappa shape index (κ1) is 10.6. The molecule has 0 unspecified atom stereocenters. The fraction of sp³-hybridized carbons (Fsp3) is 0.625. The Hall–Kier alpha value is -1.43. The lowest BCUT2D eigenvalue weighted by Gasteiger charge is -2.04. The maximum absolute atomic E-state index is 11.0. The lowest BCUT2D eigenvalue weighted by Crippen LogP contribution is -2.33. The summed E-state index contributed by atoms with van der Waals surface area (Å²) in [5.41, 5.74) is 0.953. The van der Waals surface area contributed by atoms with Crippen LogP contribution in [0.4, 0.5) is 0 Å². The van der Waals surface area contributed by atoms with Gasteiger partial charge in [-0.05, 0) is 6.92 Å². The number of aromatic nitrogens is 3. The predicted octanol–water partition coefficient (Wildman–Crippen LogP) is -0.959. The zero-order chi connectivity index (χ0) is 10.4. The third-order valence-electron chi connectivity index (χ3n) is 1.77. The van der Waals surface area contributed by atoms with Gasteiger partial charge in [0.2, 0.25) is 5.91 Å². The van der Waals surface area contributed by atoms with Crippen molar-refractivity contribution in [2.24, 2.45) is 7.05 Å². The van der Waals surface area contributed by atoms with Crippen molar-refractivity contribution in [1.29, 1.82) is 0 Å². The van der Waals surface area contributed by atoms with Crippen molar-refractivity contribution in [3.05, 3.63) is 11.9 Å². The normalized spacial score (nSPS) is 10.1. The molecule has 1 rings (SSSR count). The number of carbonyl (C=O) groups is 1. The highest BCUT2D eigenvalue weighted by Gasteiger charge is 2.01. The minimum Gasteiger partial charge on any atom is -0.355 e. The fourth-order valence-electron chi connectivity index (χ4n) is 1.03. The van der Waals surface area contributed by atoms with Crippen molar-refractivity contribution in [2.45, 2.75) is 13.5 Å². The summed E-state index contributed by atoms with van der Waals surface area (Å²) in [5, 5.41) is 13.2. The van der Waals surface area contributed by atoms with Crippen LogP contribution in [-0.4, -0.2) is 34.0 Å². The number of carbonyl (C=O) groups excluding carboxylic acids is 1. The van der Waals surface area contributed by atoms with E-state index in [1.165, 1.54) is 0 Å². The molecular formula is C8H15N5O. The molecule has 0 atom stereocenters. The second-order valence-corrected chi connectivity index (χ2v) is 2.91. The van der Waals surface area contributed by atoms with Crippen LogP contribution >= 0.6 is 0 Å². The van der Waals surface area contributed by atoms with Crippen LogP contribution in [0.15, 0.2) is 6.20 Å². The van der Waals surface area contributed by atoms with Gasteiger partial charge >= 0.3 is 0 Å². The number of nitrogens with one attached hydrogen (secondary N) is 2. The van der Waals surface area contributed by atoms with Crippen molar-refractivity contribution >= 4 is 5.91 Å². The van der Waals surface area contributed by atoms with Crippen molar-refractivity contribution in [2.75, 3.05) is 13.1 Å². The number of nitrogens with zero attached hydrogens (tertiary/aromatic N) is 3. The number of aryl methyl sites for hydroxylation is 1. The average molecular weight is 197 g/mol. The second-order valence-electron chi connectivity index (χ2n) is 2.91. The Morgan fingerprint density at radius 3 is 3.00 bits per heavy atom. The summed E-state index contributed by atoms with van der Waals surface area (Å²) in [6, 6.07) is 0. The average Bonchev–Trinajstić information content (AvgIpc) is 2.52. The minimum absolute atomic E-state index is 0.00243. The maximum Gasteiger partial charge on any atom is 0.233 e. The Kier molecular flexibility index (Phi) is 4.06. The summed E-state index contributed by atoms with van der Waals surface area (Å²) >= 11 is 0. The molecule has 6 heteroatoms. The molecule has 0 spiro atoms. The molecule has 0 aromatic carbocycles. The van der Waals surface area contributed by atoms with Gasteiger partial charge in [-0.2, -0.15) is 0 Å². The number of hydrogen-bond acceptors (Lipinski definition) is 4. The SMILES string of the molecule is CCNC(=O)CNCc1cnnn1C. The highest BCUT2D eigenvalue weighted by Crippen LogP contribution is 1.90. The smallest absolute Gasteiger partial charge is 0.233 e. The van der Waals surface area contributed by atoms with E-state index in [0.717, 1.165) is 5.69 Å². The molecular weight excluding hydrogens is 182 g/mol. The molecule has 1 aromatic heterocycles. The molecule has 0 fully saturated rings. The van der Waals surface area contributed by atoms with E-state index in [1.54, 1.807) is 10.9 Å². The van der Waals surface area contributed by atoms with Crippen LogP contribution in [0.3, 0.4) is 0 Å². The van der Waals surface area contributed by atoms with Gasteiger partial charge in [0, 0.05) is 20.1 Å². The van der Waals surface area contributed by atoms with Gasteiger partial charge in [-0.1, -0.05) is 5.21 Å². The topological polar surface area (TPSA) is 71.8 Å². The van der Waals surface area contributed by atoms with E-state index in [9.17, 15) is 4.79 Å². The molecule has 1 amide bonds. The molecule has 0 aliphatic rings. The van der Waals surface area contributed by atoms with Gasteiger partial charge in [0.15, 0.2) is 0 Å². The number of amides is 1. The lowest BCUT2D eigenvalue weighted by atomic mass is 10.4. The molecule has 0 bridgehead atoms. The summed E-state index contributed by atoms with van der Waals surface area (Å²) in [4.78, 5) is 11.0. The maximum atomic E-state index is 11.0. The summed E-state index contributed by atoms with van der Waals surface area (Å²) in [5.74, 6) is 0.00243. The van der Waals surface area contributed by atoms with Crippen molar-refractivity contribution < 1.29 is 4.79 Å². The standard InChI is InChI=1S/C8H15N5O/c1-3-10-8(14)6-9-4-7-5-11-12-13(7)2/h5,9H,3-4,6H2,1-2H3,(H,10,14). The quantitative estimate of drug-likeness (QED) is 0.638. The number of rotatable bonds is 5. The number of likely N-dealkylation sites (N-methyl/N-ethyl adjacent to an activating group) is 1. The highest BCUT2D eigenvalue weighted by atomic mass is 16.1. The molecule has 14 heavy (non-hydrogen) atoms. The molecule has 78 valence electrons. The first-order valence-corrected chi connectivity index (χ1v) is 4.55. The van der Waals surface area contributed by atoms with Gasteiger partial charge in [0.1, 0.15) is 0 Å². The van der Waals surface area contributed by atoms with E-state index in [0.29, 0.717) is 19.6 Å². The van der Waals surface area contributed by atoms with Crippen molar-refractivity contribution in [3.63, 3.8) is 0 Å². The van der Waals surface area contributed by atoms with Gasteiger partial charge in [-0.15, -0.1) is 5.10 Å². The number of hydrogen-bond donors (Lipinski definition) is 2. The molecule has 0 radical (unpaired) electrons. The van der Waals surface area contributed by atoms with E-state index in [1.807, 2.05) is 14.0 Å². The van der Waals surface area contributed by atoms with E-state index in [2.05, 4.69) is 20.9 Å². The largest absolute Gasteiger partial charge is 0.355 e. The summed E-state index contributed by atoms with van der Waals surface area (Å²) in [6.45, 7) is 3.47. The van der Waals surface area contributed by atoms with Crippen LogP contribution in [0.5, 0.6) is 0 Å². The van der Waals surface area contributed by atoms with Crippen LogP contribution in [0.25, 0.3) is 0 Å². The first-order chi connectivity index (χ1) is 6.74. The van der Waals surface area contributed by atoms with Crippen LogP contribution in [0.2, 0.25) is 0 Å². The molecule has 1 aromatic rings. The van der Waals surface area contributed by atoms with Gasteiger partial charge in [0.25, 0.3) is 0 Å². The third kappa shape index (κ3) is 3.14. The molecule has 0 saturated carbocycles. The lowest BCUT2D eigenvalue weighted by molar-refractivity contribution is -0.120. The summed E-state index contributed by atoms with van der Waals surface area (Å²) < 4.78 is 1.67. The van der Waals surface area contributed by atoms with Gasteiger partial charge in [-0.3, -0.25) is 9.48 Å². The first-order valence-electron chi connectivity index (χ1n) is 4.55. The zero-order valence-corrected chi connectivity index (χ0v) is 8.45. The monoisotopic (exact) mass is 197 g/mol. The van der Waals surface area contributed by atoms with Crippen molar-refractivity contribution in [1.82, 2.24) is 25.6 Å². The molecule has 0 aliphatic heterocycles. The van der Waals surface area contributed by atoms with E-state index >= 15 is 0 Å². The van der Waals surface area contributed by atoms with Crippen LogP contribution < -0.4 is 10.6 Å². The third-order valence-corrected chi connectivity index (χ3v) is 1.77. The Bertz CT molecular complexity index is 296. The van der Waals surface area contributed by atoms with E-state index in [4.69, 9.17) is 0 Å². The summed E-state index contributed by atoms with van der Waals surface area (Å²) in [7, 11) is 1.82. The molecule has 2 N–H and O–H groups in total. The highest BCUT2D eigenvalue weighted by molar-refractivity contribution is 5.77. The van der Waals surface area contributed by atoms with Crippen LogP contribution in [0, 0.1) is 0 Å². The van der Waals surface area contributed by atoms with Crippen LogP contribution in [0.1, 0.15) is 12.6 Å².